The van der Waals surface area contributed by atoms with Crippen molar-refractivity contribution in [1.29, 1.82) is 0 Å². The largest absolute Gasteiger partial charge is 0.493 e. The second-order valence-corrected chi connectivity index (χ2v) is 4.68. The van der Waals surface area contributed by atoms with Gasteiger partial charge >= 0.3 is 0 Å². The van der Waals surface area contributed by atoms with Crippen LogP contribution in [0.25, 0.3) is 11.1 Å². The molecule has 1 aromatic heterocycles. The quantitative estimate of drug-likeness (QED) is 0.846. The van der Waals surface area contributed by atoms with Crippen molar-refractivity contribution in [1.82, 2.24) is 4.98 Å². The van der Waals surface area contributed by atoms with E-state index in [0.717, 1.165) is 16.9 Å². The minimum atomic E-state index is 0.578. The number of hydrogen-bond donors (Lipinski definition) is 0. The molecule has 5 heteroatoms. The van der Waals surface area contributed by atoms with Gasteiger partial charge in [-0.2, -0.15) is 0 Å². The molecule has 0 aliphatic heterocycles. The fourth-order valence-corrected chi connectivity index (χ4v) is 2.14. The molecule has 0 spiro atoms. The van der Waals surface area contributed by atoms with Gasteiger partial charge in [0.15, 0.2) is 11.5 Å². The third-order valence-corrected chi connectivity index (χ3v) is 3.22. The molecular formula is C16H20N2O3. The van der Waals surface area contributed by atoms with Crippen LogP contribution in [-0.2, 0) is 0 Å². The maximum Gasteiger partial charge on any atom is 0.203 e. The number of pyridine rings is 1. The Balaban J connectivity index is 2.53. The van der Waals surface area contributed by atoms with E-state index < -0.39 is 0 Å². The highest BCUT2D eigenvalue weighted by Crippen LogP contribution is 2.44. The fourth-order valence-electron chi connectivity index (χ4n) is 2.14. The summed E-state index contributed by atoms with van der Waals surface area (Å²) < 4.78 is 16.2. The first-order valence-electron chi connectivity index (χ1n) is 6.55. The van der Waals surface area contributed by atoms with Crippen LogP contribution in [-0.4, -0.2) is 40.4 Å². The van der Waals surface area contributed by atoms with Crippen LogP contribution in [0.4, 0.5) is 5.82 Å². The summed E-state index contributed by atoms with van der Waals surface area (Å²) in [7, 11) is 8.72. The zero-order valence-electron chi connectivity index (χ0n) is 13.0. The van der Waals surface area contributed by atoms with E-state index in [1.807, 2.05) is 49.5 Å². The van der Waals surface area contributed by atoms with Gasteiger partial charge in [0.1, 0.15) is 5.82 Å². The molecule has 0 fully saturated rings. The van der Waals surface area contributed by atoms with E-state index in [1.165, 1.54) is 0 Å². The molecule has 1 aromatic carbocycles. The summed E-state index contributed by atoms with van der Waals surface area (Å²) in [5, 5.41) is 0. The molecule has 0 aliphatic rings. The standard InChI is InChI=1S/C16H20N2O3/c1-18(2)14-9-6-11(10-17-14)12-7-8-13(19-3)16(21-5)15(12)20-4/h6-10H,1-5H3. The number of methoxy groups -OCH3 is 3. The summed E-state index contributed by atoms with van der Waals surface area (Å²) in [4.78, 5) is 6.38. The summed E-state index contributed by atoms with van der Waals surface area (Å²) in [6.07, 6.45) is 1.82. The Morgan fingerprint density at radius 2 is 1.57 bits per heavy atom. The number of benzene rings is 1. The first kappa shape index (κ1) is 15.0. The van der Waals surface area contributed by atoms with Gasteiger partial charge in [0.25, 0.3) is 0 Å². The van der Waals surface area contributed by atoms with Crippen LogP contribution >= 0.6 is 0 Å². The Kier molecular flexibility index (Phi) is 4.52. The molecule has 0 amide bonds. The van der Waals surface area contributed by atoms with Crippen LogP contribution in [0.3, 0.4) is 0 Å². The molecular weight excluding hydrogens is 268 g/mol. The molecule has 0 bridgehead atoms. The molecule has 5 nitrogen and oxygen atoms in total. The fraction of sp³-hybridized carbons (Fsp3) is 0.312. The molecule has 112 valence electrons. The number of anilines is 1. The van der Waals surface area contributed by atoms with Crippen molar-refractivity contribution in [3.63, 3.8) is 0 Å². The normalized spacial score (nSPS) is 10.1. The minimum Gasteiger partial charge on any atom is -0.493 e. The zero-order valence-corrected chi connectivity index (χ0v) is 13.0. The number of ether oxygens (including phenoxy) is 3. The Hall–Kier alpha value is -2.43. The first-order chi connectivity index (χ1) is 10.1. The Morgan fingerprint density at radius 1 is 0.857 bits per heavy atom. The lowest BCUT2D eigenvalue weighted by Crippen LogP contribution is -2.10. The van der Waals surface area contributed by atoms with Crippen LogP contribution in [0.1, 0.15) is 0 Å². The Morgan fingerprint density at radius 3 is 2.05 bits per heavy atom. The van der Waals surface area contributed by atoms with Gasteiger partial charge in [-0.15, -0.1) is 0 Å². The van der Waals surface area contributed by atoms with Crippen molar-refractivity contribution in [3.8, 4) is 28.4 Å². The SMILES string of the molecule is COc1ccc(-c2ccc(N(C)C)nc2)c(OC)c1OC. The highest BCUT2D eigenvalue weighted by Gasteiger charge is 2.17. The van der Waals surface area contributed by atoms with Gasteiger partial charge in [0, 0.05) is 31.4 Å². The van der Waals surface area contributed by atoms with Crippen molar-refractivity contribution in [3.05, 3.63) is 30.5 Å². The van der Waals surface area contributed by atoms with E-state index in [4.69, 9.17) is 14.2 Å². The first-order valence-corrected chi connectivity index (χ1v) is 6.55. The second-order valence-electron chi connectivity index (χ2n) is 4.68. The lowest BCUT2D eigenvalue weighted by molar-refractivity contribution is 0.325. The van der Waals surface area contributed by atoms with E-state index >= 15 is 0 Å². The summed E-state index contributed by atoms with van der Waals surface area (Å²) in [6.45, 7) is 0. The third kappa shape index (κ3) is 2.86. The zero-order chi connectivity index (χ0) is 15.4. The molecule has 1 heterocycles. The van der Waals surface area contributed by atoms with E-state index in [0.29, 0.717) is 17.2 Å². The van der Waals surface area contributed by atoms with E-state index in [9.17, 15) is 0 Å². The maximum absolute atomic E-state index is 5.50. The van der Waals surface area contributed by atoms with Gasteiger partial charge in [-0.3, -0.25) is 0 Å². The molecule has 0 unspecified atom stereocenters. The summed E-state index contributed by atoms with van der Waals surface area (Å²) >= 11 is 0. The van der Waals surface area contributed by atoms with E-state index in [2.05, 4.69) is 4.98 Å². The molecule has 0 N–H and O–H groups in total. The molecule has 0 atom stereocenters. The third-order valence-electron chi connectivity index (χ3n) is 3.22. The van der Waals surface area contributed by atoms with Crippen molar-refractivity contribution in [2.24, 2.45) is 0 Å². The highest BCUT2D eigenvalue weighted by molar-refractivity contribution is 5.76. The average Bonchev–Trinajstić information content (AvgIpc) is 2.53. The van der Waals surface area contributed by atoms with Crippen molar-refractivity contribution in [2.75, 3.05) is 40.3 Å². The van der Waals surface area contributed by atoms with Gasteiger partial charge in [-0.25, -0.2) is 4.98 Å². The van der Waals surface area contributed by atoms with Gasteiger partial charge in [0.2, 0.25) is 5.75 Å². The van der Waals surface area contributed by atoms with Crippen LogP contribution in [0.2, 0.25) is 0 Å². The predicted molar refractivity (Wildman–Crippen MR) is 83.7 cm³/mol. The van der Waals surface area contributed by atoms with E-state index in [1.54, 1.807) is 21.3 Å². The van der Waals surface area contributed by atoms with Crippen LogP contribution < -0.4 is 19.1 Å². The highest BCUT2D eigenvalue weighted by atomic mass is 16.5. The molecule has 21 heavy (non-hydrogen) atoms. The lowest BCUT2D eigenvalue weighted by atomic mass is 10.1. The smallest absolute Gasteiger partial charge is 0.203 e. The van der Waals surface area contributed by atoms with Crippen molar-refractivity contribution < 1.29 is 14.2 Å². The minimum absolute atomic E-state index is 0.578. The maximum atomic E-state index is 5.50. The molecule has 0 saturated heterocycles. The molecule has 0 aliphatic carbocycles. The predicted octanol–water partition coefficient (Wildman–Crippen LogP) is 2.84. The molecule has 0 saturated carbocycles. The number of aromatic nitrogens is 1. The van der Waals surface area contributed by atoms with Crippen LogP contribution in [0, 0.1) is 0 Å². The number of nitrogens with zero attached hydrogens (tertiary/aromatic N) is 2. The number of hydrogen-bond acceptors (Lipinski definition) is 5. The summed E-state index contributed by atoms with van der Waals surface area (Å²) in [6, 6.07) is 7.76. The lowest BCUT2D eigenvalue weighted by Gasteiger charge is -2.16. The number of rotatable bonds is 5. The summed E-state index contributed by atoms with van der Waals surface area (Å²) in [5.74, 6) is 2.75. The van der Waals surface area contributed by atoms with Gasteiger partial charge in [-0.1, -0.05) is 0 Å². The van der Waals surface area contributed by atoms with E-state index in [-0.39, 0.29) is 0 Å². The van der Waals surface area contributed by atoms with Crippen LogP contribution in [0.5, 0.6) is 17.2 Å². The van der Waals surface area contributed by atoms with Gasteiger partial charge < -0.3 is 19.1 Å². The van der Waals surface area contributed by atoms with Crippen molar-refractivity contribution >= 4 is 5.82 Å². The Bertz CT molecular complexity index is 610. The molecule has 2 rings (SSSR count). The molecule has 2 aromatic rings. The van der Waals surface area contributed by atoms with Crippen LogP contribution in [0.15, 0.2) is 30.5 Å². The Labute approximate surface area is 125 Å². The monoisotopic (exact) mass is 288 g/mol. The van der Waals surface area contributed by atoms with Crippen molar-refractivity contribution in [2.45, 2.75) is 0 Å². The summed E-state index contributed by atoms with van der Waals surface area (Å²) in [5.41, 5.74) is 1.87. The van der Waals surface area contributed by atoms with Gasteiger partial charge in [-0.05, 0) is 24.3 Å². The topological polar surface area (TPSA) is 43.8 Å². The molecule has 0 radical (unpaired) electrons. The van der Waals surface area contributed by atoms with Gasteiger partial charge in [0.05, 0.1) is 21.3 Å². The second kappa shape index (κ2) is 6.35. The average molecular weight is 288 g/mol.